The molecule has 27 heavy (non-hydrogen) atoms. The van der Waals surface area contributed by atoms with Crippen LogP contribution in [0.1, 0.15) is 48.2 Å². The van der Waals surface area contributed by atoms with Gasteiger partial charge in [-0.15, -0.1) is 0 Å². The predicted molar refractivity (Wildman–Crippen MR) is 104 cm³/mol. The normalized spacial score (nSPS) is 19.5. The third-order valence-electron chi connectivity index (χ3n) is 4.88. The van der Waals surface area contributed by atoms with Crippen LogP contribution in [0.15, 0.2) is 48.5 Å². The number of rotatable bonds is 5. The number of hydrogen-bond acceptors (Lipinski definition) is 3. The molecule has 0 aromatic heterocycles. The van der Waals surface area contributed by atoms with E-state index in [1.54, 1.807) is 43.3 Å². The highest BCUT2D eigenvalue weighted by Gasteiger charge is 2.49. The maximum atomic E-state index is 12.9. The zero-order chi connectivity index (χ0) is 19.8. The lowest BCUT2D eigenvalue weighted by molar-refractivity contribution is -0.130. The summed E-state index contributed by atoms with van der Waals surface area (Å²) in [6, 6.07) is 13.4. The van der Waals surface area contributed by atoms with Crippen LogP contribution < -0.4 is 5.32 Å². The first-order chi connectivity index (χ1) is 12.7. The van der Waals surface area contributed by atoms with E-state index < -0.39 is 17.5 Å². The van der Waals surface area contributed by atoms with Gasteiger partial charge in [0.2, 0.25) is 0 Å². The maximum absolute atomic E-state index is 12.9. The summed E-state index contributed by atoms with van der Waals surface area (Å²) in [5, 5.41) is 3.15. The van der Waals surface area contributed by atoms with Crippen molar-refractivity contribution in [2.45, 2.75) is 32.2 Å². The number of hydrogen-bond donors (Lipinski definition) is 1. The smallest absolute Gasteiger partial charge is 0.319 e. The van der Waals surface area contributed by atoms with Crippen molar-refractivity contribution < 1.29 is 14.4 Å². The second-order valence-corrected chi connectivity index (χ2v) is 7.59. The van der Waals surface area contributed by atoms with Gasteiger partial charge in [-0.05, 0) is 36.1 Å². The van der Waals surface area contributed by atoms with Gasteiger partial charge >= 0.3 is 6.03 Å². The van der Waals surface area contributed by atoms with Crippen molar-refractivity contribution in [3.63, 3.8) is 0 Å². The molecule has 1 unspecified atom stereocenters. The van der Waals surface area contributed by atoms with Gasteiger partial charge in [-0.1, -0.05) is 61.8 Å². The van der Waals surface area contributed by atoms with Crippen LogP contribution in [-0.2, 0) is 10.3 Å². The second kappa shape index (κ2) is 7.16. The van der Waals surface area contributed by atoms with Crippen LogP contribution in [0.3, 0.4) is 0 Å². The van der Waals surface area contributed by atoms with Crippen LogP contribution in [0.5, 0.6) is 0 Å². The molecule has 2 aromatic carbocycles. The molecule has 1 aliphatic rings. The van der Waals surface area contributed by atoms with Crippen LogP contribution >= 0.6 is 11.6 Å². The molecule has 5 nitrogen and oxygen atoms in total. The lowest BCUT2D eigenvalue weighted by Crippen LogP contribution is -2.41. The van der Waals surface area contributed by atoms with Crippen LogP contribution in [0.4, 0.5) is 4.79 Å². The molecule has 3 amide bonds. The van der Waals surface area contributed by atoms with Gasteiger partial charge in [0.25, 0.3) is 5.91 Å². The summed E-state index contributed by atoms with van der Waals surface area (Å²) in [6.07, 6.45) is 0. The molecule has 1 fully saturated rings. The Labute approximate surface area is 163 Å². The average molecular weight is 385 g/mol. The second-order valence-electron chi connectivity index (χ2n) is 7.16. The number of Topliss-reactive ketones (excluding diaryl/α,β-unsaturated/α-hetero) is 1. The van der Waals surface area contributed by atoms with E-state index in [0.717, 1.165) is 10.5 Å². The van der Waals surface area contributed by atoms with E-state index in [9.17, 15) is 14.4 Å². The Hall–Kier alpha value is -2.66. The summed E-state index contributed by atoms with van der Waals surface area (Å²) in [5.41, 5.74) is 0.917. The third kappa shape index (κ3) is 3.60. The fraction of sp³-hybridized carbons (Fsp3) is 0.286. The number of urea groups is 1. The molecule has 0 aliphatic carbocycles. The van der Waals surface area contributed by atoms with Crippen molar-refractivity contribution in [1.82, 2.24) is 10.2 Å². The molecule has 3 rings (SSSR count). The first kappa shape index (κ1) is 19.1. The fourth-order valence-electron chi connectivity index (χ4n) is 3.12. The minimum absolute atomic E-state index is 0.288. The lowest BCUT2D eigenvalue weighted by atomic mass is 9.92. The first-order valence-electron chi connectivity index (χ1n) is 8.75. The highest BCUT2D eigenvalue weighted by Crippen LogP contribution is 2.30. The summed E-state index contributed by atoms with van der Waals surface area (Å²) in [7, 11) is 0. The highest BCUT2D eigenvalue weighted by molar-refractivity contribution is 6.30. The molecule has 1 saturated heterocycles. The van der Waals surface area contributed by atoms with Crippen LogP contribution in [0, 0.1) is 0 Å². The number of nitrogens with zero attached hydrogens (tertiary/aromatic N) is 1. The average Bonchev–Trinajstić information content (AvgIpc) is 2.86. The molecule has 0 saturated carbocycles. The van der Waals surface area contributed by atoms with E-state index in [4.69, 9.17) is 11.6 Å². The van der Waals surface area contributed by atoms with Crippen molar-refractivity contribution in [2.75, 3.05) is 6.54 Å². The largest absolute Gasteiger partial charge is 0.325 e. The number of carbonyl (C=O) groups is 3. The van der Waals surface area contributed by atoms with E-state index in [-0.39, 0.29) is 12.3 Å². The fourth-order valence-corrected chi connectivity index (χ4v) is 3.31. The summed E-state index contributed by atoms with van der Waals surface area (Å²) in [6.45, 7) is 5.45. The molecular formula is C21H21ClN2O3. The summed E-state index contributed by atoms with van der Waals surface area (Å²) >= 11 is 6.01. The van der Waals surface area contributed by atoms with E-state index in [2.05, 4.69) is 19.2 Å². The Kier molecular flexibility index (Phi) is 5.07. The number of imide groups is 1. The first-order valence-corrected chi connectivity index (χ1v) is 9.13. The van der Waals surface area contributed by atoms with E-state index in [1.165, 1.54) is 0 Å². The minimum Gasteiger partial charge on any atom is -0.319 e. The van der Waals surface area contributed by atoms with Gasteiger partial charge in [-0.25, -0.2) is 4.79 Å². The Morgan fingerprint density at radius 2 is 1.81 bits per heavy atom. The lowest BCUT2D eigenvalue weighted by Gasteiger charge is -2.22. The van der Waals surface area contributed by atoms with Gasteiger partial charge in [0.05, 0.1) is 6.54 Å². The SMILES string of the molecule is CC(C)c1ccc(C(=O)CN2C(=O)NC(C)(c3cccc(Cl)c3)C2=O)cc1. The topological polar surface area (TPSA) is 66.5 Å². The summed E-state index contributed by atoms with van der Waals surface area (Å²) in [5.74, 6) is -0.399. The van der Waals surface area contributed by atoms with E-state index >= 15 is 0 Å². The molecule has 1 heterocycles. The standard InChI is InChI=1S/C21H21ClN2O3/c1-13(2)14-7-9-15(10-8-14)18(25)12-24-19(26)21(3,23-20(24)27)16-5-4-6-17(22)11-16/h4-11,13H,12H2,1-3H3,(H,23,27). The van der Waals surface area contributed by atoms with Crippen molar-refractivity contribution >= 4 is 29.3 Å². The number of benzene rings is 2. The molecule has 0 spiro atoms. The van der Waals surface area contributed by atoms with Crippen LogP contribution in [-0.4, -0.2) is 29.2 Å². The molecule has 140 valence electrons. The van der Waals surface area contributed by atoms with E-state index in [0.29, 0.717) is 22.1 Å². The highest BCUT2D eigenvalue weighted by atomic mass is 35.5. The van der Waals surface area contributed by atoms with Gasteiger partial charge in [0.15, 0.2) is 5.78 Å². The Morgan fingerprint density at radius 1 is 1.15 bits per heavy atom. The number of ketones is 1. The number of halogens is 1. The Bertz CT molecular complexity index is 908. The molecule has 6 heteroatoms. The number of carbonyl (C=O) groups excluding carboxylic acids is 3. The molecule has 0 bridgehead atoms. The molecule has 1 atom stereocenters. The molecular weight excluding hydrogens is 364 g/mol. The zero-order valence-electron chi connectivity index (χ0n) is 15.5. The molecule has 0 radical (unpaired) electrons. The van der Waals surface area contributed by atoms with Gasteiger partial charge in [-0.3, -0.25) is 14.5 Å². The summed E-state index contributed by atoms with van der Waals surface area (Å²) in [4.78, 5) is 38.8. The van der Waals surface area contributed by atoms with Crippen molar-refractivity contribution in [3.05, 3.63) is 70.2 Å². The maximum Gasteiger partial charge on any atom is 0.325 e. The summed E-state index contributed by atoms with van der Waals surface area (Å²) < 4.78 is 0. The Morgan fingerprint density at radius 3 is 2.41 bits per heavy atom. The van der Waals surface area contributed by atoms with E-state index in [1.807, 2.05) is 12.1 Å². The van der Waals surface area contributed by atoms with Crippen LogP contribution in [0.2, 0.25) is 5.02 Å². The van der Waals surface area contributed by atoms with Gasteiger partial charge < -0.3 is 5.32 Å². The molecule has 1 N–H and O–H groups in total. The Balaban J connectivity index is 1.80. The van der Waals surface area contributed by atoms with Crippen molar-refractivity contribution in [3.8, 4) is 0 Å². The predicted octanol–water partition coefficient (Wildman–Crippen LogP) is 4.11. The third-order valence-corrected chi connectivity index (χ3v) is 5.11. The van der Waals surface area contributed by atoms with Crippen molar-refractivity contribution in [1.29, 1.82) is 0 Å². The molecule has 1 aliphatic heterocycles. The van der Waals surface area contributed by atoms with Crippen LogP contribution in [0.25, 0.3) is 0 Å². The minimum atomic E-state index is -1.25. The monoisotopic (exact) mass is 384 g/mol. The quantitative estimate of drug-likeness (QED) is 0.623. The van der Waals surface area contributed by atoms with Gasteiger partial charge in [0.1, 0.15) is 5.54 Å². The molecule has 2 aromatic rings. The zero-order valence-corrected chi connectivity index (χ0v) is 16.2. The number of amides is 3. The number of nitrogens with one attached hydrogen (secondary N) is 1. The van der Waals surface area contributed by atoms with Gasteiger partial charge in [0, 0.05) is 10.6 Å². The van der Waals surface area contributed by atoms with Gasteiger partial charge in [-0.2, -0.15) is 0 Å². The van der Waals surface area contributed by atoms with Crippen molar-refractivity contribution in [2.24, 2.45) is 0 Å².